The third kappa shape index (κ3) is 4.18. The molecule has 4 unspecified atom stereocenters. The van der Waals surface area contributed by atoms with Crippen LogP contribution in [0.3, 0.4) is 0 Å². The summed E-state index contributed by atoms with van der Waals surface area (Å²) < 4.78 is 0. The van der Waals surface area contributed by atoms with Gasteiger partial charge in [0.1, 0.15) is 0 Å². The van der Waals surface area contributed by atoms with E-state index in [0.717, 1.165) is 25.0 Å². The molecule has 6 nitrogen and oxygen atoms in total. The monoisotopic (exact) mass is 299 g/mol. The van der Waals surface area contributed by atoms with Crippen molar-refractivity contribution < 1.29 is 25.0 Å². The minimum atomic E-state index is -0.816. The number of aliphatic hydroxyl groups is 2. The number of aliphatic carboxylic acids is 1. The van der Waals surface area contributed by atoms with E-state index in [9.17, 15) is 15.0 Å². The van der Waals surface area contributed by atoms with Gasteiger partial charge in [0, 0.05) is 12.1 Å². The zero-order valence-corrected chi connectivity index (χ0v) is 12.4. The molecule has 2 rings (SSSR count). The van der Waals surface area contributed by atoms with Crippen molar-refractivity contribution in [1.82, 2.24) is 5.48 Å². The molecule has 4 N–H and O–H groups in total. The lowest BCUT2D eigenvalue weighted by atomic mass is 9.77. The largest absolute Gasteiger partial charge is 0.481 e. The fourth-order valence-electron chi connectivity index (χ4n) is 3.26. The van der Waals surface area contributed by atoms with Gasteiger partial charge >= 0.3 is 5.97 Å². The van der Waals surface area contributed by atoms with Gasteiger partial charge in [-0.15, -0.1) is 0 Å². The molecule has 0 radical (unpaired) electrons. The Morgan fingerprint density at radius 3 is 2.90 bits per heavy atom. The molecular formula is C15H25NO5. The molecule has 0 aromatic rings. The molecule has 4 atom stereocenters. The first-order chi connectivity index (χ1) is 9.99. The van der Waals surface area contributed by atoms with E-state index in [1.54, 1.807) is 6.92 Å². The van der Waals surface area contributed by atoms with Gasteiger partial charge in [-0.25, -0.2) is 0 Å². The zero-order chi connectivity index (χ0) is 15.4. The van der Waals surface area contributed by atoms with Crippen LogP contribution in [0.1, 0.15) is 45.4 Å². The number of aliphatic hydroxyl groups excluding tert-OH is 2. The van der Waals surface area contributed by atoms with Crippen LogP contribution in [0, 0.1) is 11.8 Å². The summed E-state index contributed by atoms with van der Waals surface area (Å²) in [5, 5.41) is 28.0. The molecule has 6 heteroatoms. The summed E-state index contributed by atoms with van der Waals surface area (Å²) >= 11 is 0. The fourth-order valence-corrected chi connectivity index (χ4v) is 3.26. The summed E-state index contributed by atoms with van der Waals surface area (Å²) in [5.74, 6) is -0.166. The van der Waals surface area contributed by atoms with Crippen LogP contribution in [0.4, 0.5) is 0 Å². The van der Waals surface area contributed by atoms with E-state index in [4.69, 9.17) is 9.94 Å². The maximum absolute atomic E-state index is 10.4. The minimum absolute atomic E-state index is 0.107. The first-order valence-corrected chi connectivity index (χ1v) is 7.66. The van der Waals surface area contributed by atoms with Crippen molar-refractivity contribution in [2.24, 2.45) is 11.8 Å². The Labute approximate surface area is 124 Å². The lowest BCUT2D eigenvalue weighted by Crippen LogP contribution is -2.30. The molecule has 0 spiro atoms. The predicted octanol–water partition coefficient (Wildman–Crippen LogP) is 1.19. The summed E-state index contributed by atoms with van der Waals surface area (Å²) in [6, 6.07) is 0. The minimum Gasteiger partial charge on any atom is -0.481 e. The normalized spacial score (nSPS) is 29.0. The van der Waals surface area contributed by atoms with Crippen LogP contribution < -0.4 is 5.48 Å². The van der Waals surface area contributed by atoms with Gasteiger partial charge in [-0.2, -0.15) is 0 Å². The second kappa shape index (κ2) is 7.24. The van der Waals surface area contributed by atoms with Crippen molar-refractivity contribution in [2.45, 2.75) is 57.7 Å². The van der Waals surface area contributed by atoms with Gasteiger partial charge in [0.05, 0.1) is 18.8 Å². The Hall–Kier alpha value is -1.11. The van der Waals surface area contributed by atoms with E-state index in [1.165, 1.54) is 5.57 Å². The van der Waals surface area contributed by atoms with E-state index in [2.05, 4.69) is 5.48 Å². The number of hydrogen-bond donors (Lipinski definition) is 4. The summed E-state index contributed by atoms with van der Waals surface area (Å²) in [4.78, 5) is 15.6. The number of carbonyl (C=O) groups is 1. The summed E-state index contributed by atoms with van der Waals surface area (Å²) in [5.41, 5.74) is 5.17. The van der Waals surface area contributed by atoms with Gasteiger partial charge in [-0.1, -0.05) is 0 Å². The van der Waals surface area contributed by atoms with E-state index in [-0.39, 0.29) is 24.5 Å². The summed E-state index contributed by atoms with van der Waals surface area (Å²) in [6.07, 6.45) is 3.06. The molecule has 120 valence electrons. The molecule has 2 aliphatic carbocycles. The topological polar surface area (TPSA) is 99.0 Å². The highest BCUT2D eigenvalue weighted by Crippen LogP contribution is 2.50. The van der Waals surface area contributed by atoms with E-state index < -0.39 is 5.97 Å². The molecule has 0 heterocycles. The summed E-state index contributed by atoms with van der Waals surface area (Å²) in [6.45, 7) is 2.14. The van der Waals surface area contributed by atoms with E-state index in [1.807, 2.05) is 0 Å². The number of hydroxylamine groups is 1. The molecular weight excluding hydrogens is 274 g/mol. The maximum Gasteiger partial charge on any atom is 0.303 e. The quantitative estimate of drug-likeness (QED) is 0.377. The van der Waals surface area contributed by atoms with Gasteiger partial charge in [-0.3, -0.25) is 15.1 Å². The second-order valence-corrected chi connectivity index (χ2v) is 6.12. The molecule has 0 saturated heterocycles. The number of carboxylic acid groups (broad SMARTS) is 1. The highest BCUT2D eigenvalue weighted by Gasteiger charge is 2.45. The molecule has 1 fully saturated rings. The van der Waals surface area contributed by atoms with Crippen LogP contribution in [0.25, 0.3) is 0 Å². The van der Waals surface area contributed by atoms with Crippen LogP contribution in [0.2, 0.25) is 0 Å². The van der Waals surface area contributed by atoms with Crippen molar-refractivity contribution in [3.8, 4) is 0 Å². The Morgan fingerprint density at radius 1 is 1.48 bits per heavy atom. The molecule has 21 heavy (non-hydrogen) atoms. The highest BCUT2D eigenvalue weighted by atomic mass is 16.6. The number of allylic oxidation sites excluding steroid dienone is 1. The van der Waals surface area contributed by atoms with E-state index in [0.29, 0.717) is 25.4 Å². The SMILES string of the molecule is CC(O)CCC1C(O)CC2=C(NOCCCC(=O)O)CC21. The number of fused-ring (bicyclic) bond motifs is 1. The van der Waals surface area contributed by atoms with Crippen molar-refractivity contribution in [1.29, 1.82) is 0 Å². The van der Waals surface area contributed by atoms with Gasteiger partial charge in [0.15, 0.2) is 0 Å². The van der Waals surface area contributed by atoms with Gasteiger partial charge in [-0.05, 0) is 56.4 Å². The Balaban J connectivity index is 1.73. The Kier molecular flexibility index (Phi) is 5.61. The number of nitrogens with one attached hydrogen (secondary N) is 1. The van der Waals surface area contributed by atoms with E-state index >= 15 is 0 Å². The van der Waals surface area contributed by atoms with Crippen LogP contribution in [0.5, 0.6) is 0 Å². The van der Waals surface area contributed by atoms with Crippen LogP contribution >= 0.6 is 0 Å². The van der Waals surface area contributed by atoms with Crippen molar-refractivity contribution in [3.05, 3.63) is 11.3 Å². The standard InChI is InChI=1S/C15H25NO5/c1-9(17)4-5-10-11-7-13(12(11)8-14(10)18)16-21-6-2-3-15(19)20/h9-11,14,16-18H,2-8H2,1H3,(H,19,20). The third-order valence-corrected chi connectivity index (χ3v) is 4.45. The first kappa shape index (κ1) is 16.3. The van der Waals surface area contributed by atoms with Crippen LogP contribution in [0.15, 0.2) is 11.3 Å². The maximum atomic E-state index is 10.4. The molecule has 0 amide bonds. The molecule has 2 aliphatic rings. The smallest absolute Gasteiger partial charge is 0.303 e. The Bertz CT molecular complexity index is 407. The first-order valence-electron chi connectivity index (χ1n) is 7.66. The average molecular weight is 299 g/mol. The third-order valence-electron chi connectivity index (χ3n) is 4.45. The van der Waals surface area contributed by atoms with Gasteiger partial charge < -0.3 is 15.3 Å². The molecule has 1 saturated carbocycles. The number of carboxylic acids is 1. The molecule has 0 aromatic heterocycles. The number of rotatable bonds is 9. The lowest BCUT2D eigenvalue weighted by Gasteiger charge is -2.32. The Morgan fingerprint density at radius 2 is 2.24 bits per heavy atom. The second-order valence-electron chi connectivity index (χ2n) is 6.12. The molecule has 0 aromatic carbocycles. The van der Waals surface area contributed by atoms with Gasteiger partial charge in [0.25, 0.3) is 0 Å². The highest BCUT2D eigenvalue weighted by molar-refractivity contribution is 5.66. The fraction of sp³-hybridized carbons (Fsp3) is 0.800. The predicted molar refractivity (Wildman–Crippen MR) is 76.1 cm³/mol. The number of hydrogen-bond acceptors (Lipinski definition) is 5. The average Bonchev–Trinajstić information content (AvgIpc) is 2.63. The molecule has 0 aliphatic heterocycles. The zero-order valence-electron chi connectivity index (χ0n) is 12.4. The van der Waals surface area contributed by atoms with Crippen molar-refractivity contribution in [2.75, 3.05) is 6.61 Å². The van der Waals surface area contributed by atoms with Crippen molar-refractivity contribution in [3.63, 3.8) is 0 Å². The summed E-state index contributed by atoms with van der Waals surface area (Å²) in [7, 11) is 0. The molecule has 0 bridgehead atoms. The van der Waals surface area contributed by atoms with Crippen LogP contribution in [-0.2, 0) is 9.63 Å². The van der Waals surface area contributed by atoms with Gasteiger partial charge in [0.2, 0.25) is 0 Å². The van der Waals surface area contributed by atoms with Crippen molar-refractivity contribution >= 4 is 5.97 Å². The van der Waals surface area contributed by atoms with Crippen LogP contribution in [-0.4, -0.2) is 40.1 Å². The lowest BCUT2D eigenvalue weighted by molar-refractivity contribution is -0.137.